The van der Waals surface area contributed by atoms with Gasteiger partial charge in [0, 0.05) is 13.1 Å². The molecule has 0 unspecified atom stereocenters. The van der Waals surface area contributed by atoms with Crippen LogP contribution in [0, 0.1) is 0 Å². The Hall–Kier alpha value is -2.69. The molecule has 2 aromatic carbocycles. The van der Waals surface area contributed by atoms with E-state index >= 15 is 0 Å². The largest absolute Gasteiger partial charge is 0.493 e. The van der Waals surface area contributed by atoms with Gasteiger partial charge < -0.3 is 19.7 Å². The highest BCUT2D eigenvalue weighted by Crippen LogP contribution is 2.37. The number of nitrogens with one attached hydrogen (secondary N) is 1. The first-order valence-corrected chi connectivity index (χ1v) is 8.47. The van der Waals surface area contributed by atoms with E-state index in [2.05, 4.69) is 5.32 Å². The maximum absolute atomic E-state index is 12.6. The van der Waals surface area contributed by atoms with Gasteiger partial charge in [-0.2, -0.15) is 0 Å². The van der Waals surface area contributed by atoms with Gasteiger partial charge in [-0.05, 0) is 42.2 Å². The Labute approximate surface area is 148 Å². The predicted octanol–water partition coefficient (Wildman–Crippen LogP) is 3.53. The molecule has 5 nitrogen and oxygen atoms in total. The molecular weight excluding hydrogens is 316 g/mol. The van der Waals surface area contributed by atoms with Crippen LogP contribution in [0.1, 0.15) is 29.7 Å². The van der Waals surface area contributed by atoms with Crippen molar-refractivity contribution < 1.29 is 14.3 Å². The number of benzene rings is 2. The quantitative estimate of drug-likeness (QED) is 0.926. The molecule has 1 atom stereocenters. The van der Waals surface area contributed by atoms with Crippen molar-refractivity contribution in [1.82, 2.24) is 10.2 Å². The lowest BCUT2D eigenvalue weighted by molar-refractivity contribution is 0.174. The zero-order chi connectivity index (χ0) is 17.8. The van der Waals surface area contributed by atoms with Crippen LogP contribution >= 0.6 is 0 Å². The monoisotopic (exact) mass is 340 g/mol. The van der Waals surface area contributed by atoms with Gasteiger partial charge in [0.15, 0.2) is 11.5 Å². The summed E-state index contributed by atoms with van der Waals surface area (Å²) in [6.45, 7) is 3.26. The maximum Gasteiger partial charge on any atom is 0.318 e. The smallest absolute Gasteiger partial charge is 0.318 e. The minimum Gasteiger partial charge on any atom is -0.493 e. The van der Waals surface area contributed by atoms with Gasteiger partial charge in [0.1, 0.15) is 0 Å². The molecule has 0 saturated heterocycles. The fourth-order valence-electron chi connectivity index (χ4n) is 3.30. The van der Waals surface area contributed by atoms with E-state index in [-0.39, 0.29) is 12.1 Å². The van der Waals surface area contributed by atoms with E-state index in [9.17, 15) is 4.79 Å². The van der Waals surface area contributed by atoms with Crippen molar-refractivity contribution in [3.63, 3.8) is 0 Å². The molecule has 25 heavy (non-hydrogen) atoms. The Bertz CT molecular complexity index is 746. The average molecular weight is 340 g/mol. The third-order valence-electron chi connectivity index (χ3n) is 4.73. The molecule has 0 bridgehead atoms. The number of carbonyl (C=O) groups is 1. The third kappa shape index (κ3) is 3.55. The minimum atomic E-state index is -0.0446. The van der Waals surface area contributed by atoms with Crippen molar-refractivity contribution in [2.45, 2.75) is 25.9 Å². The summed E-state index contributed by atoms with van der Waals surface area (Å²) < 4.78 is 10.8. The summed E-state index contributed by atoms with van der Waals surface area (Å²) in [5.41, 5.74) is 3.41. The van der Waals surface area contributed by atoms with E-state index in [0.717, 1.165) is 23.3 Å². The van der Waals surface area contributed by atoms with Crippen LogP contribution in [0.15, 0.2) is 42.5 Å². The number of urea groups is 1. The first kappa shape index (κ1) is 17.1. The lowest BCUT2D eigenvalue weighted by atomic mass is 9.93. The van der Waals surface area contributed by atoms with E-state index in [1.165, 1.54) is 5.56 Å². The molecule has 132 valence electrons. The van der Waals surface area contributed by atoms with Crippen molar-refractivity contribution in [2.24, 2.45) is 0 Å². The van der Waals surface area contributed by atoms with Crippen molar-refractivity contribution in [3.05, 3.63) is 59.2 Å². The molecule has 1 aliphatic rings. The van der Waals surface area contributed by atoms with Gasteiger partial charge >= 0.3 is 6.03 Å². The second-order valence-electron chi connectivity index (χ2n) is 6.17. The van der Waals surface area contributed by atoms with Crippen LogP contribution in [-0.4, -0.2) is 31.7 Å². The highest BCUT2D eigenvalue weighted by molar-refractivity contribution is 5.75. The van der Waals surface area contributed by atoms with Crippen molar-refractivity contribution in [2.75, 3.05) is 20.8 Å². The number of hydrogen-bond acceptors (Lipinski definition) is 3. The molecule has 0 fully saturated rings. The van der Waals surface area contributed by atoms with E-state index in [1.807, 2.05) is 54.3 Å². The molecule has 0 radical (unpaired) electrons. The number of nitrogens with zero attached hydrogens (tertiary/aromatic N) is 1. The van der Waals surface area contributed by atoms with Crippen LogP contribution in [0.5, 0.6) is 11.5 Å². The molecular formula is C20H24N2O3. The third-order valence-corrected chi connectivity index (χ3v) is 4.73. The lowest BCUT2D eigenvalue weighted by Gasteiger charge is -2.35. The average Bonchev–Trinajstić information content (AvgIpc) is 2.66. The van der Waals surface area contributed by atoms with E-state index in [4.69, 9.17) is 9.47 Å². The van der Waals surface area contributed by atoms with Crippen LogP contribution in [0.25, 0.3) is 0 Å². The molecule has 5 heteroatoms. The van der Waals surface area contributed by atoms with Crippen molar-refractivity contribution in [3.8, 4) is 11.5 Å². The highest BCUT2D eigenvalue weighted by atomic mass is 16.5. The first-order valence-electron chi connectivity index (χ1n) is 8.47. The second kappa shape index (κ2) is 7.47. The highest BCUT2D eigenvalue weighted by Gasteiger charge is 2.29. The normalized spacial score (nSPS) is 16.1. The zero-order valence-corrected chi connectivity index (χ0v) is 14.9. The van der Waals surface area contributed by atoms with Crippen LogP contribution in [0.3, 0.4) is 0 Å². The van der Waals surface area contributed by atoms with Gasteiger partial charge in [-0.25, -0.2) is 4.79 Å². The summed E-state index contributed by atoms with van der Waals surface area (Å²) in [6, 6.07) is 13.9. The molecule has 2 amide bonds. The lowest BCUT2D eigenvalue weighted by Crippen LogP contribution is -2.44. The van der Waals surface area contributed by atoms with Gasteiger partial charge in [-0.15, -0.1) is 0 Å². The summed E-state index contributed by atoms with van der Waals surface area (Å²) >= 11 is 0. The fraction of sp³-hybridized carbons (Fsp3) is 0.350. The van der Waals surface area contributed by atoms with Gasteiger partial charge in [0.2, 0.25) is 0 Å². The first-order chi connectivity index (χ1) is 12.1. The number of rotatable bonds is 4. The van der Waals surface area contributed by atoms with Crippen LogP contribution < -0.4 is 14.8 Å². The minimum absolute atomic E-state index is 0.0145. The number of carbonyl (C=O) groups excluding carboxylic acids is 1. The Morgan fingerprint density at radius 2 is 1.84 bits per heavy atom. The van der Waals surface area contributed by atoms with E-state index < -0.39 is 0 Å². The number of methoxy groups -OCH3 is 2. The van der Waals surface area contributed by atoms with E-state index in [0.29, 0.717) is 18.8 Å². The summed E-state index contributed by atoms with van der Waals surface area (Å²) in [5, 5.41) is 3.01. The van der Waals surface area contributed by atoms with Crippen molar-refractivity contribution >= 4 is 6.03 Å². The maximum atomic E-state index is 12.6. The van der Waals surface area contributed by atoms with Gasteiger partial charge in [-0.1, -0.05) is 30.3 Å². The molecule has 0 aromatic heterocycles. The molecule has 1 N–H and O–H groups in total. The molecule has 3 rings (SSSR count). The summed E-state index contributed by atoms with van der Waals surface area (Å²) in [6.07, 6.45) is 0.804. The molecule has 1 aliphatic heterocycles. The van der Waals surface area contributed by atoms with Gasteiger partial charge in [0.25, 0.3) is 0 Å². The van der Waals surface area contributed by atoms with Crippen LogP contribution in [0.4, 0.5) is 4.79 Å². The topological polar surface area (TPSA) is 50.8 Å². The predicted molar refractivity (Wildman–Crippen MR) is 97.0 cm³/mol. The Morgan fingerprint density at radius 1 is 1.16 bits per heavy atom. The Morgan fingerprint density at radius 3 is 2.52 bits per heavy atom. The SMILES string of the molecule is COc1cc2c(cc1OC)[C@H](C)N(C(=O)NCc1ccccc1)CC2. The van der Waals surface area contributed by atoms with Gasteiger partial charge in [-0.3, -0.25) is 0 Å². The second-order valence-corrected chi connectivity index (χ2v) is 6.17. The Kier molecular flexibility index (Phi) is 5.12. The summed E-state index contributed by atoms with van der Waals surface area (Å²) in [4.78, 5) is 14.5. The zero-order valence-electron chi connectivity index (χ0n) is 14.9. The van der Waals surface area contributed by atoms with Crippen LogP contribution in [0.2, 0.25) is 0 Å². The summed E-state index contributed by atoms with van der Waals surface area (Å²) in [7, 11) is 3.27. The molecule has 0 aliphatic carbocycles. The standard InChI is InChI=1S/C20H24N2O3/c1-14-17-12-19(25-3)18(24-2)11-16(17)9-10-22(14)20(23)21-13-15-7-5-4-6-8-15/h4-8,11-12,14H,9-10,13H2,1-3H3,(H,21,23)/t14-/m0/s1. The fourth-order valence-corrected chi connectivity index (χ4v) is 3.30. The number of fused-ring (bicyclic) bond motifs is 1. The molecule has 0 spiro atoms. The number of amides is 2. The molecule has 1 heterocycles. The van der Waals surface area contributed by atoms with Crippen LogP contribution in [-0.2, 0) is 13.0 Å². The Balaban J connectivity index is 1.74. The molecule has 2 aromatic rings. The van der Waals surface area contributed by atoms with Gasteiger partial charge in [0.05, 0.1) is 20.3 Å². The number of ether oxygens (including phenoxy) is 2. The molecule has 0 saturated carbocycles. The van der Waals surface area contributed by atoms with Crippen molar-refractivity contribution in [1.29, 1.82) is 0 Å². The summed E-state index contributed by atoms with van der Waals surface area (Å²) in [5.74, 6) is 1.43. The number of hydrogen-bond donors (Lipinski definition) is 1. The van der Waals surface area contributed by atoms with E-state index in [1.54, 1.807) is 14.2 Å².